The molecular weight excluding hydrogens is 484 g/mol. The molecule has 0 saturated carbocycles. The number of nitrogens with zero attached hydrogens (tertiary/aromatic N) is 6. The maximum atomic E-state index is 13.3. The van der Waals surface area contributed by atoms with Crippen LogP contribution in [0.25, 0.3) is 39.4 Å². The zero-order chi connectivity index (χ0) is 25.4. The Morgan fingerprint density at radius 1 is 1.00 bits per heavy atom. The van der Waals surface area contributed by atoms with Gasteiger partial charge in [-0.25, -0.2) is 4.68 Å². The van der Waals surface area contributed by atoms with Crippen LogP contribution in [0.1, 0.15) is 18.1 Å². The van der Waals surface area contributed by atoms with Crippen LogP contribution in [0, 0.1) is 6.92 Å². The average Bonchev–Trinajstić information content (AvgIpc) is 3.62. The Labute approximate surface area is 216 Å². The van der Waals surface area contributed by atoms with Crippen molar-refractivity contribution in [3.05, 3.63) is 105 Å². The highest BCUT2D eigenvalue weighted by Crippen LogP contribution is 2.29. The monoisotopic (exact) mass is 506 g/mol. The highest BCUT2D eigenvalue weighted by Gasteiger charge is 2.16. The van der Waals surface area contributed by atoms with Crippen LogP contribution in [0.15, 0.2) is 84.0 Å². The predicted octanol–water partition coefficient (Wildman–Crippen LogP) is 4.32. The summed E-state index contributed by atoms with van der Waals surface area (Å²) < 4.78 is 9.44. The summed E-state index contributed by atoms with van der Waals surface area (Å²) in [5.41, 5.74) is 5.08. The van der Waals surface area contributed by atoms with Gasteiger partial charge in [-0.05, 0) is 68.0 Å². The summed E-state index contributed by atoms with van der Waals surface area (Å²) in [5, 5.41) is 9.33. The van der Waals surface area contributed by atoms with Crippen LogP contribution >= 0.6 is 11.3 Å². The van der Waals surface area contributed by atoms with Gasteiger partial charge < -0.3 is 4.74 Å². The van der Waals surface area contributed by atoms with Gasteiger partial charge in [0.2, 0.25) is 4.96 Å². The quantitative estimate of drug-likeness (QED) is 0.334. The molecule has 0 atom stereocenters. The molecular formula is C28H22N6O2S. The first-order valence-corrected chi connectivity index (χ1v) is 12.6. The number of aromatic nitrogens is 6. The Hall–Kier alpha value is -4.63. The van der Waals surface area contributed by atoms with Gasteiger partial charge in [0.25, 0.3) is 5.56 Å². The molecule has 6 rings (SSSR count). The largest absolute Gasteiger partial charge is 0.494 e. The fraction of sp³-hybridized carbons (Fsp3) is 0.107. The molecule has 0 unspecified atom stereocenters. The average molecular weight is 507 g/mol. The molecule has 9 heteroatoms. The van der Waals surface area contributed by atoms with E-state index in [1.165, 1.54) is 15.9 Å². The second-order valence-corrected chi connectivity index (χ2v) is 9.42. The zero-order valence-electron chi connectivity index (χ0n) is 20.2. The van der Waals surface area contributed by atoms with Crippen LogP contribution in [0.5, 0.6) is 5.75 Å². The normalized spacial score (nSPS) is 11.9. The molecule has 2 aromatic carbocycles. The molecule has 4 heterocycles. The number of para-hydroxylation sites is 1. The van der Waals surface area contributed by atoms with Gasteiger partial charge in [-0.1, -0.05) is 29.5 Å². The molecule has 0 radical (unpaired) electrons. The Bertz CT molecular complexity index is 1820. The van der Waals surface area contributed by atoms with E-state index < -0.39 is 0 Å². The van der Waals surface area contributed by atoms with E-state index in [9.17, 15) is 4.79 Å². The summed E-state index contributed by atoms with van der Waals surface area (Å²) >= 11 is 1.30. The molecule has 0 saturated heterocycles. The van der Waals surface area contributed by atoms with Crippen LogP contribution in [0.2, 0.25) is 0 Å². The standard InChI is InChI=1S/C28H22N6O2S/c1-3-36-23-10-9-20(15-18(23)2)25-21(17-33(31-25)22-7-5-4-6-8-22)16-24-27(35)34-28(37-24)30-26(32-34)19-11-13-29-14-12-19/h4-17H,3H2,1-2H3/b24-16-. The van der Waals surface area contributed by atoms with Crippen LogP contribution in [0.3, 0.4) is 0 Å². The fourth-order valence-electron chi connectivity index (χ4n) is 4.14. The highest BCUT2D eigenvalue weighted by atomic mass is 32.1. The second kappa shape index (κ2) is 9.44. The van der Waals surface area contributed by atoms with Crippen molar-refractivity contribution in [2.75, 3.05) is 6.61 Å². The smallest absolute Gasteiger partial charge is 0.291 e. The molecule has 8 nitrogen and oxygen atoms in total. The van der Waals surface area contributed by atoms with Crippen molar-refractivity contribution >= 4 is 22.4 Å². The topological polar surface area (TPSA) is 87.2 Å². The number of fused-ring (bicyclic) bond motifs is 1. The van der Waals surface area contributed by atoms with E-state index in [4.69, 9.17) is 9.84 Å². The number of hydrogen-bond acceptors (Lipinski definition) is 7. The Morgan fingerprint density at radius 2 is 1.81 bits per heavy atom. The van der Waals surface area contributed by atoms with Crippen LogP contribution in [-0.4, -0.2) is 36.0 Å². The maximum Gasteiger partial charge on any atom is 0.291 e. The summed E-state index contributed by atoms with van der Waals surface area (Å²) in [7, 11) is 0. The van der Waals surface area contributed by atoms with E-state index in [0.717, 1.165) is 39.4 Å². The summed E-state index contributed by atoms with van der Waals surface area (Å²) in [6.45, 7) is 4.59. The van der Waals surface area contributed by atoms with Crippen LogP contribution in [-0.2, 0) is 0 Å². The van der Waals surface area contributed by atoms with E-state index in [1.54, 1.807) is 12.4 Å². The fourth-order valence-corrected chi connectivity index (χ4v) is 5.04. The maximum absolute atomic E-state index is 13.3. The molecule has 0 aliphatic heterocycles. The summed E-state index contributed by atoms with van der Waals surface area (Å²) in [4.78, 5) is 22.4. The molecule has 0 spiro atoms. The number of rotatable bonds is 6. The lowest BCUT2D eigenvalue weighted by Gasteiger charge is -2.08. The van der Waals surface area contributed by atoms with Gasteiger partial charge in [0.05, 0.1) is 16.8 Å². The van der Waals surface area contributed by atoms with Gasteiger partial charge in [0, 0.05) is 35.3 Å². The highest BCUT2D eigenvalue weighted by molar-refractivity contribution is 7.15. The summed E-state index contributed by atoms with van der Waals surface area (Å²) in [5.74, 6) is 1.34. The Morgan fingerprint density at radius 3 is 2.54 bits per heavy atom. The number of pyridine rings is 1. The molecule has 0 aliphatic rings. The predicted molar refractivity (Wildman–Crippen MR) is 144 cm³/mol. The molecule has 0 bridgehead atoms. The van der Waals surface area contributed by atoms with E-state index in [2.05, 4.69) is 21.1 Å². The molecule has 0 N–H and O–H groups in total. The lowest BCUT2D eigenvalue weighted by atomic mass is 10.0. The second-order valence-electron chi connectivity index (χ2n) is 8.41. The number of thiazole rings is 1. The van der Waals surface area contributed by atoms with E-state index in [-0.39, 0.29) is 5.56 Å². The van der Waals surface area contributed by atoms with Crippen molar-refractivity contribution < 1.29 is 4.74 Å². The molecule has 0 fully saturated rings. The first kappa shape index (κ1) is 22.8. The number of aryl methyl sites for hydroxylation is 1. The van der Waals surface area contributed by atoms with Crippen molar-refractivity contribution in [3.63, 3.8) is 0 Å². The van der Waals surface area contributed by atoms with Crippen molar-refractivity contribution in [1.29, 1.82) is 0 Å². The third-order valence-corrected chi connectivity index (χ3v) is 6.88. The van der Waals surface area contributed by atoms with Gasteiger partial charge in [0.1, 0.15) is 11.4 Å². The van der Waals surface area contributed by atoms with Gasteiger partial charge in [0.15, 0.2) is 5.82 Å². The first-order valence-electron chi connectivity index (χ1n) is 11.8. The number of benzene rings is 2. The van der Waals surface area contributed by atoms with Crippen molar-refractivity contribution in [2.24, 2.45) is 0 Å². The Kier molecular flexibility index (Phi) is 5.82. The molecule has 0 aliphatic carbocycles. The number of ether oxygens (including phenoxy) is 1. The minimum Gasteiger partial charge on any atom is -0.494 e. The van der Waals surface area contributed by atoms with E-state index >= 15 is 0 Å². The van der Waals surface area contributed by atoms with Gasteiger partial charge >= 0.3 is 0 Å². The van der Waals surface area contributed by atoms with Gasteiger partial charge in [-0.2, -0.15) is 14.6 Å². The van der Waals surface area contributed by atoms with Gasteiger partial charge in [-0.3, -0.25) is 9.78 Å². The first-order chi connectivity index (χ1) is 18.1. The SMILES string of the molecule is CCOc1ccc(-c2nn(-c3ccccc3)cc2/C=c2\sc3nc(-c4ccncc4)nn3c2=O)cc1C. The van der Waals surface area contributed by atoms with E-state index in [1.807, 2.05) is 85.4 Å². The molecule has 6 aromatic rings. The van der Waals surface area contributed by atoms with E-state index in [0.29, 0.717) is 21.9 Å². The Balaban J connectivity index is 1.48. The third kappa shape index (κ3) is 4.30. The summed E-state index contributed by atoms with van der Waals surface area (Å²) in [6, 6.07) is 19.5. The minimum absolute atomic E-state index is 0.214. The zero-order valence-corrected chi connectivity index (χ0v) is 21.0. The summed E-state index contributed by atoms with van der Waals surface area (Å²) in [6.07, 6.45) is 7.16. The number of hydrogen-bond donors (Lipinski definition) is 0. The molecule has 0 amide bonds. The minimum atomic E-state index is -0.214. The lowest BCUT2D eigenvalue weighted by molar-refractivity contribution is 0.338. The van der Waals surface area contributed by atoms with Gasteiger partial charge in [-0.15, -0.1) is 5.10 Å². The molecule has 37 heavy (non-hydrogen) atoms. The lowest BCUT2D eigenvalue weighted by Crippen LogP contribution is -2.23. The molecule has 4 aromatic heterocycles. The third-order valence-electron chi connectivity index (χ3n) is 5.92. The van der Waals surface area contributed by atoms with Crippen molar-refractivity contribution in [3.8, 4) is 34.1 Å². The molecule has 182 valence electrons. The van der Waals surface area contributed by atoms with Crippen molar-refractivity contribution in [2.45, 2.75) is 13.8 Å². The van der Waals surface area contributed by atoms with Crippen molar-refractivity contribution in [1.82, 2.24) is 29.4 Å². The van der Waals surface area contributed by atoms with Crippen LogP contribution in [0.4, 0.5) is 0 Å². The van der Waals surface area contributed by atoms with Crippen LogP contribution < -0.4 is 14.8 Å².